The third kappa shape index (κ3) is 6.62. The molecule has 11 nitrogen and oxygen atoms in total. The maximum absolute atomic E-state index is 12.9. The molecular weight excluding hydrogens is 490 g/mol. The second-order valence-corrected chi connectivity index (χ2v) is 10.6. The number of hydrogen-bond donors (Lipinski definition) is 2. The van der Waals surface area contributed by atoms with Gasteiger partial charge in [0.25, 0.3) is 0 Å². The number of benzene rings is 1. The predicted octanol–water partition coefficient (Wildman–Crippen LogP) is 1.28. The first-order valence-corrected chi connectivity index (χ1v) is 12.9. The van der Waals surface area contributed by atoms with Gasteiger partial charge in [0.15, 0.2) is 0 Å². The average molecular weight is 526 g/mol. The lowest BCUT2D eigenvalue weighted by molar-refractivity contribution is -0.135. The Hall–Kier alpha value is -3.62. The van der Waals surface area contributed by atoms with E-state index in [0.29, 0.717) is 50.1 Å². The highest BCUT2D eigenvalue weighted by Gasteiger charge is 2.31. The first kappa shape index (κ1) is 27.4. The van der Waals surface area contributed by atoms with Crippen LogP contribution in [0.25, 0.3) is 11.0 Å². The van der Waals surface area contributed by atoms with Crippen LogP contribution in [0, 0.1) is 11.8 Å². The molecule has 2 saturated heterocycles. The quantitative estimate of drug-likeness (QED) is 0.445. The summed E-state index contributed by atoms with van der Waals surface area (Å²) in [4.78, 5) is 50.8. The maximum atomic E-state index is 12.9. The smallest absolute Gasteiger partial charge is 0.407 e. The molecule has 2 atom stereocenters. The molecule has 38 heavy (non-hydrogen) atoms. The minimum atomic E-state index is -0.713. The molecule has 2 N–H and O–H groups in total. The Balaban J connectivity index is 1.36. The molecular formula is C27H35N5O6. The van der Waals surface area contributed by atoms with Crippen molar-refractivity contribution in [1.29, 1.82) is 0 Å². The van der Waals surface area contributed by atoms with Crippen molar-refractivity contribution in [2.45, 2.75) is 57.8 Å². The normalized spacial score (nSPS) is 20.5. The van der Waals surface area contributed by atoms with E-state index >= 15 is 0 Å². The van der Waals surface area contributed by atoms with Gasteiger partial charge in [0.2, 0.25) is 11.8 Å². The lowest BCUT2D eigenvalue weighted by Gasteiger charge is -2.31. The molecule has 1 unspecified atom stereocenters. The number of amides is 3. The number of carbonyl (C=O) groups is 3. The maximum Gasteiger partial charge on any atom is 0.407 e. The van der Waals surface area contributed by atoms with Crippen LogP contribution >= 0.6 is 0 Å². The van der Waals surface area contributed by atoms with E-state index in [-0.39, 0.29) is 24.1 Å². The van der Waals surface area contributed by atoms with Crippen LogP contribution in [0.1, 0.15) is 51.6 Å². The molecule has 2 fully saturated rings. The molecule has 3 amide bonds. The first-order valence-electron chi connectivity index (χ1n) is 12.9. The van der Waals surface area contributed by atoms with Crippen LogP contribution in [0.5, 0.6) is 0 Å². The third-order valence-corrected chi connectivity index (χ3v) is 6.50. The third-order valence-electron chi connectivity index (χ3n) is 6.50. The van der Waals surface area contributed by atoms with Crippen molar-refractivity contribution in [3.8, 4) is 11.8 Å². The molecule has 1 aromatic heterocycles. The zero-order valence-electron chi connectivity index (χ0n) is 22.3. The molecule has 204 valence electrons. The summed E-state index contributed by atoms with van der Waals surface area (Å²) in [7, 11) is 1.66. The van der Waals surface area contributed by atoms with Gasteiger partial charge in [-0.05, 0) is 51.8 Å². The molecule has 1 aromatic carbocycles. The fourth-order valence-electron chi connectivity index (χ4n) is 4.67. The zero-order chi connectivity index (χ0) is 27.4. The summed E-state index contributed by atoms with van der Waals surface area (Å²) < 4.78 is 14.0. The summed E-state index contributed by atoms with van der Waals surface area (Å²) in [5.74, 6) is 5.61. The molecule has 11 heteroatoms. The number of nitrogens with zero attached hydrogens (tertiary/aromatic N) is 3. The number of ether oxygens (including phenoxy) is 2. The number of imide groups is 1. The summed E-state index contributed by atoms with van der Waals surface area (Å²) in [6, 6.07) is 4.76. The highest BCUT2D eigenvalue weighted by molar-refractivity contribution is 6.00. The van der Waals surface area contributed by atoms with E-state index in [9.17, 15) is 19.2 Å². The van der Waals surface area contributed by atoms with E-state index in [4.69, 9.17) is 9.47 Å². The van der Waals surface area contributed by atoms with Gasteiger partial charge in [-0.25, -0.2) is 9.59 Å². The van der Waals surface area contributed by atoms with Crippen LogP contribution in [0.4, 0.5) is 4.79 Å². The Bertz CT molecular complexity index is 1340. The molecule has 2 aliphatic rings. The van der Waals surface area contributed by atoms with Crippen molar-refractivity contribution < 1.29 is 23.9 Å². The van der Waals surface area contributed by atoms with Crippen LogP contribution in [-0.2, 0) is 26.1 Å². The van der Waals surface area contributed by atoms with Gasteiger partial charge in [-0.15, -0.1) is 0 Å². The Morgan fingerprint density at radius 3 is 2.76 bits per heavy atom. The monoisotopic (exact) mass is 525 g/mol. The number of rotatable bonds is 5. The summed E-state index contributed by atoms with van der Waals surface area (Å²) >= 11 is 0. The Morgan fingerprint density at radius 1 is 1.24 bits per heavy atom. The molecule has 3 heterocycles. The van der Waals surface area contributed by atoms with E-state index in [1.54, 1.807) is 13.1 Å². The number of fused-ring (bicyclic) bond motifs is 1. The number of imidazole rings is 1. The van der Waals surface area contributed by atoms with Crippen molar-refractivity contribution >= 4 is 28.9 Å². The van der Waals surface area contributed by atoms with Gasteiger partial charge < -0.3 is 14.8 Å². The highest BCUT2D eigenvalue weighted by atomic mass is 16.6. The van der Waals surface area contributed by atoms with Crippen LogP contribution in [-0.4, -0.2) is 76.4 Å². The minimum Gasteiger partial charge on any atom is -0.444 e. The van der Waals surface area contributed by atoms with Crippen LogP contribution < -0.4 is 16.3 Å². The predicted molar refractivity (Wildman–Crippen MR) is 141 cm³/mol. The molecule has 0 bridgehead atoms. The first-order chi connectivity index (χ1) is 18.0. The summed E-state index contributed by atoms with van der Waals surface area (Å²) in [5, 5.41) is 5.09. The number of aromatic nitrogens is 2. The number of alkyl carbamates (subject to hydrolysis) is 1. The Kier molecular flexibility index (Phi) is 8.23. The van der Waals surface area contributed by atoms with E-state index in [0.717, 1.165) is 12.1 Å². The van der Waals surface area contributed by atoms with Gasteiger partial charge in [0.05, 0.1) is 30.3 Å². The highest BCUT2D eigenvalue weighted by Crippen LogP contribution is 2.23. The number of carbonyl (C=O) groups excluding carboxylic acids is 3. The van der Waals surface area contributed by atoms with E-state index in [1.807, 2.05) is 32.9 Å². The second kappa shape index (κ2) is 11.4. The molecule has 0 saturated carbocycles. The number of hydrogen-bond acceptors (Lipinski definition) is 7. The van der Waals surface area contributed by atoms with Gasteiger partial charge in [-0.3, -0.25) is 28.9 Å². The van der Waals surface area contributed by atoms with Crippen LogP contribution in [0.2, 0.25) is 0 Å². The lowest BCUT2D eigenvalue weighted by Crippen LogP contribution is -2.44. The minimum absolute atomic E-state index is 0.00147. The van der Waals surface area contributed by atoms with Gasteiger partial charge in [0.1, 0.15) is 11.6 Å². The summed E-state index contributed by atoms with van der Waals surface area (Å²) in [6.45, 7) is 8.59. The lowest BCUT2D eigenvalue weighted by atomic mass is 10.1. The fraction of sp³-hybridized carbons (Fsp3) is 0.556. The number of morpholine rings is 1. The Morgan fingerprint density at radius 2 is 2.03 bits per heavy atom. The zero-order valence-corrected chi connectivity index (χ0v) is 22.3. The summed E-state index contributed by atoms with van der Waals surface area (Å²) in [6.07, 6.45) is 0.739. The molecule has 0 radical (unpaired) electrons. The van der Waals surface area contributed by atoms with Gasteiger partial charge in [-0.2, -0.15) is 0 Å². The summed E-state index contributed by atoms with van der Waals surface area (Å²) in [5.41, 5.74) is 1.24. The van der Waals surface area contributed by atoms with Gasteiger partial charge in [-0.1, -0.05) is 11.8 Å². The second-order valence-electron chi connectivity index (χ2n) is 10.6. The van der Waals surface area contributed by atoms with Gasteiger partial charge in [0, 0.05) is 38.7 Å². The fourth-order valence-corrected chi connectivity index (χ4v) is 4.67. The number of aryl methyl sites for hydroxylation is 1. The van der Waals surface area contributed by atoms with Gasteiger partial charge >= 0.3 is 11.8 Å². The topological polar surface area (TPSA) is 124 Å². The number of nitrogens with one attached hydrogen (secondary N) is 2. The SMILES string of the molecule is Cn1c(=O)n(C2CCC(=O)NC2=O)c2ccc(C#CCN3CCO[C@@H](CCNC(=O)OC(C)(C)C)C3)cc21. The molecule has 0 aliphatic carbocycles. The Labute approximate surface area is 221 Å². The van der Waals surface area contributed by atoms with Crippen molar-refractivity contribution in [1.82, 2.24) is 24.7 Å². The molecule has 4 rings (SSSR count). The van der Waals surface area contributed by atoms with E-state index in [2.05, 4.69) is 27.4 Å². The largest absolute Gasteiger partial charge is 0.444 e. The van der Waals surface area contributed by atoms with Crippen LogP contribution in [0.15, 0.2) is 23.0 Å². The van der Waals surface area contributed by atoms with Crippen molar-refractivity contribution in [2.24, 2.45) is 7.05 Å². The molecule has 0 spiro atoms. The number of piperidine rings is 1. The molecule has 2 aromatic rings. The van der Waals surface area contributed by atoms with E-state index in [1.165, 1.54) is 9.13 Å². The molecule has 2 aliphatic heterocycles. The van der Waals surface area contributed by atoms with Crippen molar-refractivity contribution in [2.75, 3.05) is 32.8 Å². The van der Waals surface area contributed by atoms with Crippen molar-refractivity contribution in [3.63, 3.8) is 0 Å². The van der Waals surface area contributed by atoms with Crippen LogP contribution in [0.3, 0.4) is 0 Å². The van der Waals surface area contributed by atoms with Crippen molar-refractivity contribution in [3.05, 3.63) is 34.2 Å². The standard InChI is InChI=1S/C27H35N5O6/c1-27(2,3)38-25(35)28-12-11-19-17-31(14-15-37-19)13-5-6-18-7-8-20-22(16-18)30(4)26(36)32(20)21-9-10-23(33)29-24(21)34/h7-8,16,19,21H,9-15,17H2,1-4H3,(H,28,35)(H,29,33,34)/t19-,21?/m0/s1. The van der Waals surface area contributed by atoms with E-state index < -0.39 is 23.6 Å². The average Bonchev–Trinajstić information content (AvgIpc) is 3.08.